The van der Waals surface area contributed by atoms with Crippen LogP contribution < -0.4 is 20.7 Å². The van der Waals surface area contributed by atoms with Crippen molar-refractivity contribution < 1.29 is 28.4 Å². The highest BCUT2D eigenvalue weighted by Crippen LogP contribution is 2.38. The molecule has 0 amide bonds. The van der Waals surface area contributed by atoms with E-state index in [2.05, 4.69) is 0 Å². The number of benzene rings is 2. The van der Waals surface area contributed by atoms with E-state index in [1.54, 1.807) is 0 Å². The third-order valence-corrected chi connectivity index (χ3v) is 7.07. The van der Waals surface area contributed by atoms with E-state index in [1.807, 2.05) is 104 Å². The molecule has 8 heteroatoms. The van der Waals surface area contributed by atoms with Gasteiger partial charge in [0, 0.05) is 10.9 Å². The summed E-state index contributed by atoms with van der Waals surface area (Å²) in [4.78, 5) is 11.6. The topological polar surface area (TPSA) is 55.4 Å². The second-order valence-electron chi connectivity index (χ2n) is 10.4. The number of hydrogen-bond donors (Lipinski definition) is 0. The third kappa shape index (κ3) is 4.05. The van der Waals surface area contributed by atoms with E-state index in [-0.39, 0.29) is 0 Å². The Bertz CT molecular complexity index is 876. The molecular weight excluding hydrogens is 406 g/mol. The lowest BCUT2D eigenvalue weighted by Gasteiger charge is -2.32. The first kappa shape index (κ1) is 23.2. The molecule has 32 heavy (non-hydrogen) atoms. The average Bonchev–Trinajstić information content (AvgIpc) is 3.06. The Morgan fingerprint density at radius 3 is 1.09 bits per heavy atom. The van der Waals surface area contributed by atoms with E-state index in [9.17, 15) is 0 Å². The van der Waals surface area contributed by atoms with E-state index < -0.39 is 36.6 Å². The molecular formula is C24H32B2O6. The first-order valence-electron chi connectivity index (χ1n) is 11.1. The molecule has 0 spiro atoms. The van der Waals surface area contributed by atoms with Crippen molar-refractivity contribution in [2.24, 2.45) is 0 Å². The van der Waals surface area contributed by atoms with Crippen LogP contribution in [-0.2, 0) is 18.6 Å². The van der Waals surface area contributed by atoms with E-state index in [1.165, 1.54) is 0 Å². The molecule has 0 aliphatic carbocycles. The second-order valence-corrected chi connectivity index (χ2v) is 10.4. The Hall–Kier alpha value is -1.99. The second kappa shape index (κ2) is 7.80. The van der Waals surface area contributed by atoms with Gasteiger partial charge in [-0.3, -0.25) is 9.78 Å². The zero-order chi connectivity index (χ0) is 23.4. The van der Waals surface area contributed by atoms with Gasteiger partial charge >= 0.3 is 14.2 Å². The Labute approximate surface area is 191 Å². The summed E-state index contributed by atoms with van der Waals surface area (Å²) in [5.41, 5.74) is -0.271. The summed E-state index contributed by atoms with van der Waals surface area (Å²) >= 11 is 0. The van der Waals surface area contributed by atoms with E-state index >= 15 is 0 Å². The molecule has 2 aromatic rings. The minimum atomic E-state index is -0.557. The van der Waals surface area contributed by atoms with E-state index in [0.717, 1.165) is 10.9 Å². The lowest BCUT2D eigenvalue weighted by Crippen LogP contribution is -2.41. The fourth-order valence-electron chi connectivity index (χ4n) is 3.53. The normalized spacial score (nSPS) is 22.8. The molecule has 0 N–H and O–H groups in total. The fraction of sp³-hybridized carbons (Fsp3) is 0.500. The monoisotopic (exact) mass is 438 g/mol. The first-order chi connectivity index (χ1) is 14.8. The van der Waals surface area contributed by atoms with Crippen LogP contribution in [0.15, 0.2) is 48.5 Å². The van der Waals surface area contributed by atoms with Gasteiger partial charge in [-0.2, -0.15) is 0 Å². The van der Waals surface area contributed by atoms with Gasteiger partial charge in [-0.05, 0) is 67.5 Å². The average molecular weight is 438 g/mol. The summed E-state index contributed by atoms with van der Waals surface area (Å²) < 4.78 is 24.8. The van der Waals surface area contributed by atoms with Gasteiger partial charge in [-0.25, -0.2) is 0 Å². The standard InChI is InChI=1S/C24H32B2O6/c1-21(2)22(3,4)30-25(29-21)17-13-9-11-15-19(17)27-28-20-16-12-10-14-18(20)26-31-23(5,6)24(7,8)32-26/h9-16H,1-8H3. The molecule has 0 atom stereocenters. The lowest BCUT2D eigenvalue weighted by molar-refractivity contribution is -0.0982. The zero-order valence-corrected chi connectivity index (χ0v) is 20.2. The molecule has 0 aromatic heterocycles. The van der Waals surface area contributed by atoms with Crippen molar-refractivity contribution in [3.8, 4) is 11.5 Å². The van der Waals surface area contributed by atoms with Gasteiger partial charge in [-0.1, -0.05) is 36.4 Å². The minimum absolute atomic E-state index is 0.449. The highest BCUT2D eigenvalue weighted by molar-refractivity contribution is 6.63. The van der Waals surface area contributed by atoms with Crippen LogP contribution in [0.2, 0.25) is 0 Å². The van der Waals surface area contributed by atoms with Crippen LogP contribution in [0.3, 0.4) is 0 Å². The summed E-state index contributed by atoms with van der Waals surface area (Å²) in [6, 6.07) is 15.1. The van der Waals surface area contributed by atoms with Gasteiger partial charge in [0.05, 0.1) is 22.4 Å². The molecule has 0 bridgehead atoms. The van der Waals surface area contributed by atoms with Crippen molar-refractivity contribution in [1.29, 1.82) is 0 Å². The third-order valence-electron chi connectivity index (χ3n) is 7.07. The summed E-state index contributed by atoms with van der Waals surface area (Å²) in [7, 11) is -1.11. The lowest BCUT2D eigenvalue weighted by atomic mass is 9.78. The SMILES string of the molecule is CC1(C)OB(c2ccccc2OOc2ccccc2B2OC(C)(C)C(C)(C)O2)OC1(C)C. The van der Waals surface area contributed by atoms with Gasteiger partial charge in [0.15, 0.2) is 11.5 Å². The van der Waals surface area contributed by atoms with Crippen molar-refractivity contribution in [3.63, 3.8) is 0 Å². The molecule has 0 radical (unpaired) electrons. The van der Waals surface area contributed by atoms with Gasteiger partial charge in [0.2, 0.25) is 0 Å². The highest BCUT2D eigenvalue weighted by atomic mass is 17.2. The van der Waals surface area contributed by atoms with E-state index in [0.29, 0.717) is 11.5 Å². The smallest absolute Gasteiger partial charge is 0.399 e. The highest BCUT2D eigenvalue weighted by Gasteiger charge is 2.53. The molecule has 2 saturated heterocycles. The molecule has 2 aromatic carbocycles. The van der Waals surface area contributed by atoms with Crippen LogP contribution in [0, 0.1) is 0 Å². The summed E-state index contributed by atoms with van der Waals surface area (Å²) in [6.45, 7) is 16.2. The molecule has 6 nitrogen and oxygen atoms in total. The van der Waals surface area contributed by atoms with Crippen molar-refractivity contribution in [2.75, 3.05) is 0 Å². The van der Waals surface area contributed by atoms with Crippen molar-refractivity contribution >= 4 is 25.2 Å². The molecule has 0 saturated carbocycles. The molecule has 4 rings (SSSR count). The van der Waals surface area contributed by atoms with Crippen molar-refractivity contribution in [2.45, 2.75) is 77.8 Å². The Morgan fingerprint density at radius 2 is 0.781 bits per heavy atom. The minimum Gasteiger partial charge on any atom is -0.399 e. The maximum atomic E-state index is 6.20. The maximum absolute atomic E-state index is 6.20. The number of rotatable bonds is 5. The predicted octanol–water partition coefficient (Wildman–Crippen LogP) is 3.66. The van der Waals surface area contributed by atoms with Gasteiger partial charge < -0.3 is 18.6 Å². The maximum Gasteiger partial charge on any atom is 0.498 e. The summed E-state index contributed by atoms with van der Waals surface area (Å²) in [5, 5.41) is 0. The number of para-hydroxylation sites is 2. The molecule has 2 aliphatic rings. The van der Waals surface area contributed by atoms with Crippen LogP contribution >= 0.6 is 0 Å². The molecule has 2 aliphatic heterocycles. The van der Waals surface area contributed by atoms with Crippen LogP contribution in [0.4, 0.5) is 0 Å². The number of hydrogen-bond acceptors (Lipinski definition) is 6. The quantitative estimate of drug-likeness (QED) is 0.404. The summed E-state index contributed by atoms with van der Waals surface area (Å²) in [5.74, 6) is 1.05. The van der Waals surface area contributed by atoms with Crippen molar-refractivity contribution in [1.82, 2.24) is 0 Å². The van der Waals surface area contributed by atoms with Crippen molar-refractivity contribution in [3.05, 3.63) is 48.5 Å². The molecule has 2 fully saturated rings. The van der Waals surface area contributed by atoms with Crippen LogP contribution in [0.5, 0.6) is 11.5 Å². The van der Waals surface area contributed by atoms with Gasteiger partial charge in [-0.15, -0.1) is 0 Å². The van der Waals surface area contributed by atoms with E-state index in [4.69, 9.17) is 28.4 Å². The van der Waals surface area contributed by atoms with Gasteiger partial charge in [0.25, 0.3) is 0 Å². The van der Waals surface area contributed by atoms with Crippen LogP contribution in [0.25, 0.3) is 0 Å². The summed E-state index contributed by atoms with van der Waals surface area (Å²) in [6.07, 6.45) is 0. The Morgan fingerprint density at radius 1 is 0.500 bits per heavy atom. The zero-order valence-electron chi connectivity index (χ0n) is 20.2. The van der Waals surface area contributed by atoms with Gasteiger partial charge in [0.1, 0.15) is 0 Å². The Kier molecular flexibility index (Phi) is 5.65. The fourth-order valence-corrected chi connectivity index (χ4v) is 3.53. The predicted molar refractivity (Wildman–Crippen MR) is 126 cm³/mol. The van der Waals surface area contributed by atoms with Crippen LogP contribution in [0.1, 0.15) is 55.4 Å². The molecule has 2 heterocycles. The molecule has 0 unspecified atom stereocenters. The largest absolute Gasteiger partial charge is 0.498 e. The van der Waals surface area contributed by atoms with Crippen LogP contribution in [-0.4, -0.2) is 36.6 Å². The Balaban J connectivity index is 1.55. The first-order valence-corrected chi connectivity index (χ1v) is 11.1. The molecule has 170 valence electrons.